The summed E-state index contributed by atoms with van der Waals surface area (Å²) >= 11 is 10.7. The van der Waals surface area contributed by atoms with E-state index >= 15 is 0 Å². The van der Waals surface area contributed by atoms with Gasteiger partial charge >= 0.3 is 0 Å². The van der Waals surface area contributed by atoms with Crippen LogP contribution in [0.5, 0.6) is 0 Å². The Kier molecular flexibility index (Phi) is 5.88. The van der Waals surface area contributed by atoms with Crippen LogP contribution in [0, 0.1) is 7.14 Å². The molecule has 0 spiro atoms. The van der Waals surface area contributed by atoms with Crippen molar-refractivity contribution < 1.29 is 0 Å². The Labute approximate surface area is 145 Å². The van der Waals surface area contributed by atoms with Crippen LogP contribution in [-0.4, -0.2) is 0 Å². The highest BCUT2D eigenvalue weighted by molar-refractivity contribution is 14.1. The van der Waals surface area contributed by atoms with Gasteiger partial charge in [0.2, 0.25) is 0 Å². The van der Waals surface area contributed by atoms with Gasteiger partial charge < -0.3 is 0 Å². The Morgan fingerprint density at radius 2 is 1.79 bits per heavy atom. The molecule has 19 heavy (non-hydrogen) atoms. The number of rotatable bonds is 4. The first-order valence-corrected chi connectivity index (χ1v) is 8.29. The number of hydrogen-bond acceptors (Lipinski definition) is 2. The molecule has 0 aliphatic rings. The standard InChI is InChI=1S/C14H13ClI2N2/c15-12-8-10(3-6-13(12)17)14(19-18)7-9-1-4-11(16)5-2-9/h1-6,8,14,19H,7,18H2. The van der Waals surface area contributed by atoms with Crippen LogP contribution in [-0.2, 0) is 6.42 Å². The van der Waals surface area contributed by atoms with Crippen LogP contribution in [0.3, 0.4) is 0 Å². The molecule has 2 rings (SSSR count). The van der Waals surface area contributed by atoms with Crippen molar-refractivity contribution in [1.82, 2.24) is 5.43 Å². The Morgan fingerprint density at radius 1 is 1.11 bits per heavy atom. The summed E-state index contributed by atoms with van der Waals surface area (Å²) in [6.07, 6.45) is 0.838. The molecule has 2 aromatic carbocycles. The van der Waals surface area contributed by atoms with Gasteiger partial charge in [0.25, 0.3) is 0 Å². The molecule has 1 unspecified atom stereocenters. The monoisotopic (exact) mass is 498 g/mol. The SMILES string of the molecule is NNC(Cc1ccc(I)cc1)c1ccc(I)c(Cl)c1. The van der Waals surface area contributed by atoms with E-state index in [0.717, 1.165) is 20.6 Å². The fourth-order valence-corrected chi connectivity index (χ4v) is 2.74. The van der Waals surface area contributed by atoms with Crippen molar-refractivity contribution in [3.63, 3.8) is 0 Å². The fourth-order valence-electron chi connectivity index (χ4n) is 1.86. The molecule has 0 aliphatic heterocycles. The molecule has 2 aromatic rings. The summed E-state index contributed by atoms with van der Waals surface area (Å²) in [6.45, 7) is 0. The van der Waals surface area contributed by atoms with Gasteiger partial charge in [-0.05, 0) is 87.0 Å². The second-order valence-electron chi connectivity index (χ2n) is 4.22. The van der Waals surface area contributed by atoms with Gasteiger partial charge in [-0.3, -0.25) is 11.3 Å². The lowest BCUT2D eigenvalue weighted by atomic mass is 9.99. The van der Waals surface area contributed by atoms with Crippen LogP contribution in [0.4, 0.5) is 0 Å². The normalized spacial score (nSPS) is 12.4. The molecule has 0 heterocycles. The van der Waals surface area contributed by atoms with E-state index in [9.17, 15) is 0 Å². The van der Waals surface area contributed by atoms with Gasteiger partial charge in [0, 0.05) is 7.14 Å². The van der Waals surface area contributed by atoms with Crippen molar-refractivity contribution in [1.29, 1.82) is 0 Å². The summed E-state index contributed by atoms with van der Waals surface area (Å²) in [5, 5.41) is 0.765. The molecule has 0 saturated carbocycles. The molecule has 0 aromatic heterocycles. The van der Waals surface area contributed by atoms with Crippen molar-refractivity contribution in [2.24, 2.45) is 5.84 Å². The highest BCUT2D eigenvalue weighted by Crippen LogP contribution is 2.25. The average molecular weight is 499 g/mol. The highest BCUT2D eigenvalue weighted by Gasteiger charge is 2.12. The predicted molar refractivity (Wildman–Crippen MR) is 97.1 cm³/mol. The Balaban J connectivity index is 2.19. The zero-order valence-electron chi connectivity index (χ0n) is 10.0. The largest absolute Gasteiger partial charge is 0.271 e. The highest BCUT2D eigenvalue weighted by atomic mass is 127. The molecule has 0 fully saturated rings. The third-order valence-corrected chi connectivity index (χ3v) is 5.19. The predicted octanol–water partition coefficient (Wildman–Crippen LogP) is 4.30. The van der Waals surface area contributed by atoms with E-state index < -0.39 is 0 Å². The lowest BCUT2D eigenvalue weighted by Crippen LogP contribution is -2.29. The van der Waals surface area contributed by atoms with E-state index in [-0.39, 0.29) is 6.04 Å². The van der Waals surface area contributed by atoms with Gasteiger partial charge in [-0.2, -0.15) is 0 Å². The molecule has 0 saturated heterocycles. The first kappa shape index (κ1) is 15.5. The maximum Gasteiger partial charge on any atom is 0.0542 e. The molecule has 1 atom stereocenters. The molecule has 0 bridgehead atoms. The first-order chi connectivity index (χ1) is 9.10. The van der Waals surface area contributed by atoms with Crippen LogP contribution in [0.15, 0.2) is 42.5 Å². The Morgan fingerprint density at radius 3 is 2.37 bits per heavy atom. The topological polar surface area (TPSA) is 38.0 Å². The van der Waals surface area contributed by atoms with Gasteiger partial charge in [-0.25, -0.2) is 0 Å². The molecule has 100 valence electrons. The van der Waals surface area contributed by atoms with E-state index in [1.165, 1.54) is 9.13 Å². The summed E-state index contributed by atoms with van der Waals surface area (Å²) in [7, 11) is 0. The van der Waals surface area contributed by atoms with Crippen molar-refractivity contribution in [2.45, 2.75) is 12.5 Å². The van der Waals surface area contributed by atoms with E-state index in [1.54, 1.807) is 0 Å². The summed E-state index contributed by atoms with van der Waals surface area (Å²) in [4.78, 5) is 0. The quantitative estimate of drug-likeness (QED) is 0.375. The van der Waals surface area contributed by atoms with Crippen LogP contribution in [0.2, 0.25) is 5.02 Å². The third-order valence-electron chi connectivity index (χ3n) is 2.90. The maximum absolute atomic E-state index is 6.16. The van der Waals surface area contributed by atoms with E-state index in [0.29, 0.717) is 0 Å². The molecular weight excluding hydrogens is 485 g/mol. The maximum atomic E-state index is 6.16. The van der Waals surface area contributed by atoms with E-state index in [1.807, 2.05) is 12.1 Å². The van der Waals surface area contributed by atoms with Gasteiger partial charge in [-0.15, -0.1) is 0 Å². The van der Waals surface area contributed by atoms with Crippen molar-refractivity contribution in [2.75, 3.05) is 0 Å². The number of hydrazine groups is 1. The number of hydrogen-bond donors (Lipinski definition) is 2. The minimum Gasteiger partial charge on any atom is -0.271 e. The average Bonchev–Trinajstić information content (AvgIpc) is 2.41. The van der Waals surface area contributed by atoms with Crippen LogP contribution in [0.1, 0.15) is 17.2 Å². The molecule has 0 amide bonds. The fraction of sp³-hybridized carbons (Fsp3) is 0.143. The zero-order valence-corrected chi connectivity index (χ0v) is 15.1. The Hall–Kier alpha value is 0.110. The molecule has 2 nitrogen and oxygen atoms in total. The summed E-state index contributed by atoms with van der Waals surface area (Å²) in [6, 6.07) is 14.6. The third kappa shape index (κ3) is 4.29. The molecular formula is C14H13ClI2N2. The van der Waals surface area contributed by atoms with Crippen LogP contribution >= 0.6 is 56.8 Å². The van der Waals surface area contributed by atoms with Crippen LogP contribution in [0.25, 0.3) is 0 Å². The first-order valence-electron chi connectivity index (χ1n) is 5.75. The molecule has 3 N–H and O–H groups in total. The zero-order chi connectivity index (χ0) is 13.8. The summed E-state index contributed by atoms with van der Waals surface area (Å²) in [5.74, 6) is 5.67. The summed E-state index contributed by atoms with van der Waals surface area (Å²) < 4.78 is 2.28. The number of benzene rings is 2. The minimum absolute atomic E-state index is 0.0644. The molecule has 5 heteroatoms. The minimum atomic E-state index is 0.0644. The second kappa shape index (κ2) is 7.21. The van der Waals surface area contributed by atoms with Crippen LogP contribution < -0.4 is 11.3 Å². The molecule has 0 radical (unpaired) electrons. The smallest absolute Gasteiger partial charge is 0.0542 e. The van der Waals surface area contributed by atoms with Gasteiger partial charge in [0.1, 0.15) is 0 Å². The van der Waals surface area contributed by atoms with Crippen molar-refractivity contribution in [3.05, 3.63) is 65.8 Å². The summed E-state index contributed by atoms with van der Waals surface area (Å²) in [5.41, 5.74) is 5.22. The van der Waals surface area contributed by atoms with Gasteiger partial charge in [-0.1, -0.05) is 29.8 Å². The number of nitrogens with one attached hydrogen (secondary N) is 1. The van der Waals surface area contributed by atoms with Crippen molar-refractivity contribution in [3.8, 4) is 0 Å². The van der Waals surface area contributed by atoms with E-state index in [4.69, 9.17) is 17.4 Å². The van der Waals surface area contributed by atoms with Gasteiger partial charge in [0.05, 0.1) is 11.1 Å². The number of halogens is 3. The lowest BCUT2D eigenvalue weighted by molar-refractivity contribution is 0.552. The Bertz CT molecular complexity index is 558. The van der Waals surface area contributed by atoms with Gasteiger partial charge in [0.15, 0.2) is 0 Å². The molecule has 0 aliphatic carbocycles. The lowest BCUT2D eigenvalue weighted by Gasteiger charge is -2.17. The van der Waals surface area contributed by atoms with Crippen molar-refractivity contribution >= 4 is 56.8 Å². The number of nitrogens with two attached hydrogens (primary N) is 1. The van der Waals surface area contributed by atoms with E-state index in [2.05, 4.69) is 80.9 Å². The second-order valence-corrected chi connectivity index (χ2v) is 7.04.